The molecule has 2 aromatic carbocycles. The first-order chi connectivity index (χ1) is 11.9. The average molecular weight is 357 g/mol. The zero-order valence-corrected chi connectivity index (χ0v) is 14.9. The van der Waals surface area contributed by atoms with E-state index in [0.29, 0.717) is 23.2 Å². The standard InChI is InChI=1S/C18H19N3O3S/c1-13-3-9-16(11-17(13)25(23,24)20-2)21-18(22)10-8-14-4-6-15(12-19)7-5-14/h3-7,9,11,20H,8,10H2,1-2H3,(H,21,22). The van der Waals surface area contributed by atoms with Gasteiger partial charge in [-0.3, -0.25) is 4.79 Å². The largest absolute Gasteiger partial charge is 0.326 e. The Bertz CT molecular complexity index is 914. The van der Waals surface area contributed by atoms with Gasteiger partial charge in [-0.15, -0.1) is 0 Å². The Kier molecular flexibility index (Phi) is 5.91. The van der Waals surface area contributed by atoms with Crippen LogP contribution in [0.3, 0.4) is 0 Å². The summed E-state index contributed by atoms with van der Waals surface area (Å²) in [6, 6.07) is 13.9. The highest BCUT2D eigenvalue weighted by atomic mass is 32.2. The number of aryl methyl sites for hydroxylation is 2. The van der Waals surface area contributed by atoms with E-state index in [9.17, 15) is 13.2 Å². The van der Waals surface area contributed by atoms with Crippen LogP contribution in [0.1, 0.15) is 23.1 Å². The van der Waals surface area contributed by atoms with E-state index in [-0.39, 0.29) is 17.2 Å². The highest BCUT2D eigenvalue weighted by Crippen LogP contribution is 2.20. The molecule has 0 radical (unpaired) electrons. The number of hydrogen-bond donors (Lipinski definition) is 2. The molecule has 0 atom stereocenters. The van der Waals surface area contributed by atoms with Gasteiger partial charge in [0.2, 0.25) is 15.9 Å². The zero-order chi connectivity index (χ0) is 18.4. The Morgan fingerprint density at radius 1 is 1.16 bits per heavy atom. The van der Waals surface area contributed by atoms with Gasteiger partial charge >= 0.3 is 0 Å². The number of amides is 1. The fourth-order valence-corrected chi connectivity index (χ4v) is 3.30. The monoisotopic (exact) mass is 357 g/mol. The van der Waals surface area contributed by atoms with E-state index >= 15 is 0 Å². The van der Waals surface area contributed by atoms with Gasteiger partial charge in [-0.05, 0) is 55.8 Å². The van der Waals surface area contributed by atoms with E-state index < -0.39 is 10.0 Å². The Morgan fingerprint density at radius 2 is 1.84 bits per heavy atom. The second kappa shape index (κ2) is 7.92. The Balaban J connectivity index is 2.03. The van der Waals surface area contributed by atoms with Crippen LogP contribution in [0.15, 0.2) is 47.4 Å². The van der Waals surface area contributed by atoms with Crippen LogP contribution in [0.4, 0.5) is 5.69 Å². The molecule has 0 fully saturated rings. The lowest BCUT2D eigenvalue weighted by Gasteiger charge is -2.10. The van der Waals surface area contributed by atoms with Crippen molar-refractivity contribution in [2.45, 2.75) is 24.7 Å². The van der Waals surface area contributed by atoms with E-state index in [4.69, 9.17) is 5.26 Å². The van der Waals surface area contributed by atoms with Crippen molar-refractivity contribution in [1.82, 2.24) is 4.72 Å². The molecule has 0 spiro atoms. The summed E-state index contributed by atoms with van der Waals surface area (Å²) >= 11 is 0. The number of nitriles is 1. The van der Waals surface area contributed by atoms with Crippen LogP contribution in [0.2, 0.25) is 0 Å². The molecule has 2 rings (SSSR count). The van der Waals surface area contributed by atoms with Gasteiger partial charge in [0.15, 0.2) is 0 Å². The maximum Gasteiger partial charge on any atom is 0.240 e. The first-order valence-electron chi connectivity index (χ1n) is 7.69. The van der Waals surface area contributed by atoms with Crippen molar-refractivity contribution < 1.29 is 13.2 Å². The lowest BCUT2D eigenvalue weighted by atomic mass is 10.1. The number of benzene rings is 2. The van der Waals surface area contributed by atoms with E-state index in [1.807, 2.05) is 18.2 Å². The molecule has 0 aliphatic heterocycles. The summed E-state index contributed by atoms with van der Waals surface area (Å²) in [6.07, 6.45) is 0.791. The molecule has 0 saturated carbocycles. The van der Waals surface area contributed by atoms with Gasteiger partial charge in [-0.1, -0.05) is 18.2 Å². The van der Waals surface area contributed by atoms with Crippen LogP contribution in [0.5, 0.6) is 0 Å². The van der Waals surface area contributed by atoms with Crippen molar-refractivity contribution in [2.75, 3.05) is 12.4 Å². The third-order valence-corrected chi connectivity index (χ3v) is 5.31. The summed E-state index contributed by atoms with van der Waals surface area (Å²) in [6.45, 7) is 1.70. The van der Waals surface area contributed by atoms with E-state index in [0.717, 1.165) is 5.56 Å². The molecule has 7 heteroatoms. The maximum atomic E-state index is 12.1. The number of hydrogen-bond acceptors (Lipinski definition) is 4. The molecular weight excluding hydrogens is 338 g/mol. The number of nitrogens with zero attached hydrogens (tertiary/aromatic N) is 1. The minimum absolute atomic E-state index is 0.139. The Labute approximate surface area is 147 Å². The molecule has 0 saturated heterocycles. The molecule has 6 nitrogen and oxygen atoms in total. The SMILES string of the molecule is CNS(=O)(=O)c1cc(NC(=O)CCc2ccc(C#N)cc2)ccc1C. The Hall–Kier alpha value is -2.69. The smallest absolute Gasteiger partial charge is 0.240 e. The quantitative estimate of drug-likeness (QED) is 0.829. The number of carbonyl (C=O) groups is 1. The number of anilines is 1. The van der Waals surface area contributed by atoms with Gasteiger partial charge < -0.3 is 5.32 Å². The predicted molar refractivity (Wildman–Crippen MR) is 95.5 cm³/mol. The van der Waals surface area contributed by atoms with Crippen molar-refractivity contribution in [3.63, 3.8) is 0 Å². The zero-order valence-electron chi connectivity index (χ0n) is 14.0. The van der Waals surface area contributed by atoms with Crippen LogP contribution < -0.4 is 10.0 Å². The normalized spacial score (nSPS) is 10.9. The van der Waals surface area contributed by atoms with E-state index in [2.05, 4.69) is 10.0 Å². The number of sulfonamides is 1. The van der Waals surface area contributed by atoms with Crippen molar-refractivity contribution >= 4 is 21.6 Å². The minimum atomic E-state index is -3.58. The summed E-state index contributed by atoms with van der Waals surface area (Å²) in [7, 11) is -2.23. The molecule has 130 valence electrons. The number of rotatable bonds is 6. The van der Waals surface area contributed by atoms with E-state index in [1.54, 1.807) is 31.2 Å². The molecule has 0 aromatic heterocycles. The molecular formula is C18H19N3O3S. The summed E-state index contributed by atoms with van der Waals surface area (Å²) in [5.74, 6) is -0.207. The predicted octanol–water partition coefficient (Wildman–Crippen LogP) is 2.35. The van der Waals surface area contributed by atoms with Crippen molar-refractivity contribution in [3.05, 3.63) is 59.2 Å². The second-order valence-corrected chi connectivity index (χ2v) is 7.40. The fourth-order valence-electron chi connectivity index (χ4n) is 2.30. The first kappa shape index (κ1) is 18.6. The maximum absolute atomic E-state index is 12.1. The fraction of sp³-hybridized carbons (Fsp3) is 0.222. The molecule has 0 aliphatic rings. The molecule has 25 heavy (non-hydrogen) atoms. The summed E-state index contributed by atoms with van der Waals surface area (Å²) in [4.78, 5) is 12.2. The molecule has 0 aliphatic carbocycles. The molecule has 2 aromatic rings. The summed E-state index contributed by atoms with van der Waals surface area (Å²) in [5.41, 5.74) is 2.57. The first-order valence-corrected chi connectivity index (χ1v) is 9.17. The topological polar surface area (TPSA) is 99.1 Å². The molecule has 0 heterocycles. The van der Waals surface area contributed by atoms with E-state index in [1.165, 1.54) is 13.1 Å². The minimum Gasteiger partial charge on any atom is -0.326 e. The van der Waals surface area contributed by atoms with Crippen molar-refractivity contribution in [2.24, 2.45) is 0 Å². The highest BCUT2D eigenvalue weighted by molar-refractivity contribution is 7.89. The summed E-state index contributed by atoms with van der Waals surface area (Å²) in [5, 5.41) is 11.5. The second-order valence-electron chi connectivity index (χ2n) is 5.54. The average Bonchev–Trinajstić information content (AvgIpc) is 2.62. The molecule has 0 unspecified atom stereocenters. The number of carbonyl (C=O) groups excluding carboxylic acids is 1. The van der Waals surface area contributed by atoms with Gasteiger partial charge in [0.25, 0.3) is 0 Å². The molecule has 1 amide bonds. The lowest BCUT2D eigenvalue weighted by Crippen LogP contribution is -2.20. The third kappa shape index (κ3) is 4.89. The van der Waals surface area contributed by atoms with Gasteiger partial charge in [0, 0.05) is 12.1 Å². The highest BCUT2D eigenvalue weighted by Gasteiger charge is 2.15. The van der Waals surface area contributed by atoms with Gasteiger partial charge in [0.1, 0.15) is 0 Å². The van der Waals surface area contributed by atoms with Crippen molar-refractivity contribution in [1.29, 1.82) is 5.26 Å². The van der Waals surface area contributed by atoms with Gasteiger partial charge in [0.05, 0.1) is 16.5 Å². The Morgan fingerprint density at radius 3 is 2.44 bits per heavy atom. The third-order valence-electron chi connectivity index (χ3n) is 3.75. The molecule has 2 N–H and O–H groups in total. The lowest BCUT2D eigenvalue weighted by molar-refractivity contribution is -0.116. The number of nitrogens with one attached hydrogen (secondary N) is 2. The molecule has 0 bridgehead atoms. The van der Waals surface area contributed by atoms with Crippen LogP contribution >= 0.6 is 0 Å². The van der Waals surface area contributed by atoms with Crippen LogP contribution in [0.25, 0.3) is 0 Å². The van der Waals surface area contributed by atoms with Crippen molar-refractivity contribution in [3.8, 4) is 6.07 Å². The van der Waals surface area contributed by atoms with Gasteiger partial charge in [-0.25, -0.2) is 13.1 Å². The van der Waals surface area contributed by atoms with Crippen LogP contribution in [-0.2, 0) is 21.2 Å². The van der Waals surface area contributed by atoms with Crippen LogP contribution in [-0.4, -0.2) is 21.4 Å². The summed E-state index contributed by atoms with van der Waals surface area (Å²) < 4.78 is 26.2. The van der Waals surface area contributed by atoms with Gasteiger partial charge in [-0.2, -0.15) is 5.26 Å². The van der Waals surface area contributed by atoms with Crippen LogP contribution in [0, 0.1) is 18.3 Å².